The zero-order valence-corrected chi connectivity index (χ0v) is 10.4. The van der Waals surface area contributed by atoms with E-state index in [1.54, 1.807) is 4.90 Å². The normalized spacial score (nSPS) is 20.9. The highest BCUT2D eigenvalue weighted by atomic mass is 35.5. The quantitative estimate of drug-likeness (QED) is 0.709. The van der Waals surface area contributed by atoms with Crippen LogP contribution < -0.4 is 0 Å². The number of halogens is 3. The molecule has 0 saturated carbocycles. The van der Waals surface area contributed by atoms with Gasteiger partial charge in [-0.15, -0.1) is 11.6 Å². The first-order chi connectivity index (χ1) is 7.36. The molecule has 1 fully saturated rings. The average molecular weight is 254 g/mol. The van der Waals surface area contributed by atoms with E-state index in [1.807, 2.05) is 6.92 Å². The molecule has 0 aromatic heterocycles. The highest BCUT2D eigenvalue weighted by Gasteiger charge is 2.37. The van der Waals surface area contributed by atoms with Gasteiger partial charge in [0.1, 0.15) is 5.38 Å². The fourth-order valence-electron chi connectivity index (χ4n) is 1.98. The Morgan fingerprint density at radius 3 is 2.38 bits per heavy atom. The Kier molecular flexibility index (Phi) is 4.53. The van der Waals surface area contributed by atoms with E-state index in [9.17, 15) is 13.6 Å². The topological polar surface area (TPSA) is 20.3 Å². The molecular formula is C11H18ClF2NO. The van der Waals surface area contributed by atoms with Crippen LogP contribution in [0.1, 0.15) is 33.1 Å². The molecule has 1 atom stereocenters. The first kappa shape index (κ1) is 13.7. The maximum absolute atomic E-state index is 13.0. The summed E-state index contributed by atoms with van der Waals surface area (Å²) < 4.78 is 26.1. The third kappa shape index (κ3) is 3.30. The van der Waals surface area contributed by atoms with Crippen molar-refractivity contribution in [3.05, 3.63) is 0 Å². The van der Waals surface area contributed by atoms with E-state index in [2.05, 4.69) is 0 Å². The van der Waals surface area contributed by atoms with Crippen LogP contribution in [-0.2, 0) is 4.79 Å². The third-order valence-corrected chi connectivity index (χ3v) is 3.65. The summed E-state index contributed by atoms with van der Waals surface area (Å²) in [5.41, 5.74) is 0. The fraction of sp³-hybridized carbons (Fsp3) is 0.909. The lowest BCUT2D eigenvalue weighted by atomic mass is 9.91. The van der Waals surface area contributed by atoms with Gasteiger partial charge in [0.2, 0.25) is 11.8 Å². The zero-order chi connectivity index (χ0) is 12.3. The van der Waals surface area contributed by atoms with Crippen LogP contribution in [0.4, 0.5) is 8.78 Å². The summed E-state index contributed by atoms with van der Waals surface area (Å²) in [5.74, 6) is -3.37. The second-order valence-corrected chi connectivity index (χ2v) is 4.96. The van der Waals surface area contributed by atoms with Crippen LogP contribution in [0.3, 0.4) is 0 Å². The van der Waals surface area contributed by atoms with Crippen molar-refractivity contribution in [3.8, 4) is 0 Å². The van der Waals surface area contributed by atoms with E-state index in [0.29, 0.717) is 32.4 Å². The van der Waals surface area contributed by atoms with Gasteiger partial charge in [0.15, 0.2) is 0 Å². The van der Waals surface area contributed by atoms with Crippen LogP contribution in [0, 0.1) is 5.92 Å². The number of piperidine rings is 1. The molecule has 94 valence electrons. The third-order valence-electron chi connectivity index (χ3n) is 3.15. The first-order valence-electron chi connectivity index (χ1n) is 5.67. The molecule has 16 heavy (non-hydrogen) atoms. The lowest BCUT2D eigenvalue weighted by molar-refractivity contribution is -0.135. The summed E-state index contributed by atoms with van der Waals surface area (Å²) in [6.45, 7) is 3.58. The summed E-state index contributed by atoms with van der Waals surface area (Å²) in [7, 11) is 0. The predicted octanol–water partition coefficient (Wildman–Crippen LogP) is 2.90. The molecule has 1 saturated heterocycles. The van der Waals surface area contributed by atoms with E-state index in [1.165, 1.54) is 0 Å². The number of carbonyl (C=O) groups is 1. The molecule has 0 N–H and O–H groups in total. The van der Waals surface area contributed by atoms with E-state index >= 15 is 0 Å². The minimum absolute atomic E-state index is 0.123. The van der Waals surface area contributed by atoms with Gasteiger partial charge in [0.25, 0.3) is 0 Å². The van der Waals surface area contributed by atoms with Crippen molar-refractivity contribution < 1.29 is 13.6 Å². The summed E-state index contributed by atoms with van der Waals surface area (Å²) >= 11 is 5.84. The second kappa shape index (κ2) is 5.30. The number of rotatable bonds is 3. The first-order valence-corrected chi connectivity index (χ1v) is 6.10. The molecule has 0 unspecified atom stereocenters. The van der Waals surface area contributed by atoms with Crippen molar-refractivity contribution in [1.82, 2.24) is 4.90 Å². The largest absolute Gasteiger partial charge is 0.341 e. The molecule has 1 aliphatic heterocycles. The van der Waals surface area contributed by atoms with Crippen LogP contribution in [-0.4, -0.2) is 35.2 Å². The van der Waals surface area contributed by atoms with E-state index < -0.39 is 17.2 Å². The monoisotopic (exact) mass is 253 g/mol. The minimum Gasteiger partial charge on any atom is -0.341 e. The predicted molar refractivity (Wildman–Crippen MR) is 59.9 cm³/mol. The van der Waals surface area contributed by atoms with Gasteiger partial charge in [-0.25, -0.2) is 8.78 Å². The van der Waals surface area contributed by atoms with E-state index in [4.69, 9.17) is 11.6 Å². The summed E-state index contributed by atoms with van der Waals surface area (Å²) in [6, 6.07) is 0. The fourth-order valence-corrected chi connectivity index (χ4v) is 2.12. The Hall–Kier alpha value is -0.380. The molecule has 5 heteroatoms. The molecule has 0 aromatic rings. The van der Waals surface area contributed by atoms with Gasteiger partial charge in [-0.2, -0.15) is 0 Å². The maximum atomic E-state index is 13.0. The van der Waals surface area contributed by atoms with Gasteiger partial charge in [-0.1, -0.05) is 6.92 Å². The van der Waals surface area contributed by atoms with Gasteiger partial charge >= 0.3 is 0 Å². The summed E-state index contributed by atoms with van der Waals surface area (Å²) in [5, 5.41) is -0.515. The number of hydrogen-bond donors (Lipinski definition) is 0. The lowest BCUT2D eigenvalue weighted by Gasteiger charge is -2.35. The molecule has 0 spiro atoms. The van der Waals surface area contributed by atoms with Crippen LogP contribution in [0.5, 0.6) is 0 Å². The van der Waals surface area contributed by atoms with Gasteiger partial charge in [0, 0.05) is 19.0 Å². The molecule has 1 amide bonds. The van der Waals surface area contributed by atoms with Gasteiger partial charge in [-0.05, 0) is 26.2 Å². The number of alkyl halides is 3. The highest BCUT2D eigenvalue weighted by molar-refractivity contribution is 6.30. The number of carbonyl (C=O) groups excluding carboxylic acids is 1. The number of hydrogen-bond acceptors (Lipinski definition) is 1. The van der Waals surface area contributed by atoms with Crippen LogP contribution in [0.2, 0.25) is 0 Å². The molecule has 1 rings (SSSR count). The summed E-state index contributed by atoms with van der Waals surface area (Å²) in [6.07, 6.45) is 1.30. The maximum Gasteiger partial charge on any atom is 0.248 e. The molecule has 1 heterocycles. The van der Waals surface area contributed by atoms with Gasteiger partial charge < -0.3 is 4.90 Å². The van der Waals surface area contributed by atoms with E-state index in [0.717, 1.165) is 6.92 Å². The molecule has 2 nitrogen and oxygen atoms in total. The van der Waals surface area contributed by atoms with Crippen molar-refractivity contribution in [2.24, 2.45) is 5.92 Å². The second-order valence-electron chi connectivity index (χ2n) is 4.43. The molecule has 0 bridgehead atoms. The Bertz CT molecular complexity index is 247. The Morgan fingerprint density at radius 2 is 2.00 bits per heavy atom. The Labute approximate surface area is 99.9 Å². The van der Waals surface area contributed by atoms with Crippen molar-refractivity contribution in [3.63, 3.8) is 0 Å². The van der Waals surface area contributed by atoms with Crippen molar-refractivity contribution in [1.29, 1.82) is 0 Å². The smallest absolute Gasteiger partial charge is 0.248 e. The lowest BCUT2D eigenvalue weighted by Crippen LogP contribution is -2.45. The SMILES string of the molecule is CC[C@@H](Cl)C(=O)N1CCC(C(C)(F)F)CC1. The standard InChI is InChI=1S/C11H18ClF2NO/c1-3-9(12)10(16)15-6-4-8(5-7-15)11(2,13)14/h8-9H,3-7H2,1-2H3/t9-/m1/s1. The molecule has 0 aliphatic carbocycles. The molecule has 0 radical (unpaired) electrons. The minimum atomic E-state index is -2.64. The Balaban J connectivity index is 2.46. The van der Waals surface area contributed by atoms with Crippen molar-refractivity contribution in [2.45, 2.75) is 44.4 Å². The highest BCUT2D eigenvalue weighted by Crippen LogP contribution is 2.32. The Morgan fingerprint density at radius 1 is 1.50 bits per heavy atom. The van der Waals surface area contributed by atoms with Crippen LogP contribution >= 0.6 is 11.6 Å². The van der Waals surface area contributed by atoms with Crippen molar-refractivity contribution in [2.75, 3.05) is 13.1 Å². The van der Waals surface area contributed by atoms with Gasteiger partial charge in [-0.3, -0.25) is 4.79 Å². The van der Waals surface area contributed by atoms with Crippen LogP contribution in [0.25, 0.3) is 0 Å². The molecule has 0 aromatic carbocycles. The molecule has 1 aliphatic rings. The summed E-state index contributed by atoms with van der Waals surface area (Å²) in [4.78, 5) is 13.3. The zero-order valence-electron chi connectivity index (χ0n) is 9.68. The number of likely N-dealkylation sites (tertiary alicyclic amines) is 1. The van der Waals surface area contributed by atoms with Crippen LogP contribution in [0.15, 0.2) is 0 Å². The molecular weight excluding hydrogens is 236 g/mol. The van der Waals surface area contributed by atoms with Crippen molar-refractivity contribution >= 4 is 17.5 Å². The number of nitrogens with zero attached hydrogens (tertiary/aromatic N) is 1. The van der Waals surface area contributed by atoms with E-state index in [-0.39, 0.29) is 5.91 Å². The number of amides is 1. The average Bonchev–Trinajstić information content (AvgIpc) is 2.26. The van der Waals surface area contributed by atoms with Gasteiger partial charge in [0.05, 0.1) is 0 Å².